The zero-order valence-corrected chi connectivity index (χ0v) is 14.8. The molecule has 8 heteroatoms. The third-order valence-corrected chi connectivity index (χ3v) is 7.16. The predicted molar refractivity (Wildman–Crippen MR) is 92.1 cm³/mol. The van der Waals surface area contributed by atoms with Crippen LogP contribution in [-0.2, 0) is 14.8 Å². The van der Waals surface area contributed by atoms with Gasteiger partial charge in [0, 0.05) is 37.1 Å². The smallest absolute Gasteiger partial charge is 0.252 e. The second-order valence-corrected chi connectivity index (χ2v) is 8.90. The number of nitrogens with zero attached hydrogens (tertiary/aromatic N) is 2. The van der Waals surface area contributed by atoms with Crippen LogP contribution in [0.1, 0.15) is 10.6 Å². The van der Waals surface area contributed by atoms with Gasteiger partial charge in [-0.25, -0.2) is 8.42 Å². The van der Waals surface area contributed by atoms with E-state index in [0.29, 0.717) is 36.1 Å². The van der Waals surface area contributed by atoms with Crippen molar-refractivity contribution in [3.63, 3.8) is 0 Å². The summed E-state index contributed by atoms with van der Waals surface area (Å²) in [7, 11) is -3.46. The van der Waals surface area contributed by atoms with E-state index in [0.717, 1.165) is 4.88 Å². The summed E-state index contributed by atoms with van der Waals surface area (Å²) < 4.78 is 32.1. The number of amides is 1. The van der Waals surface area contributed by atoms with Crippen molar-refractivity contribution in [3.05, 3.63) is 47.2 Å². The molecule has 1 aliphatic rings. The lowest BCUT2D eigenvalue weighted by Crippen LogP contribution is -2.50. The molecule has 0 N–H and O–H groups in total. The molecule has 0 spiro atoms. The molecule has 0 atom stereocenters. The van der Waals surface area contributed by atoms with Crippen LogP contribution < -0.4 is 0 Å². The molecule has 0 radical (unpaired) electrons. The standard InChI is InChI=1S/C16H18N2O4S2/c1-13-4-7-16(23-13)24(20,21)18-10-8-17(9-11-18)15(19)6-5-14-3-2-12-22-14/h2-7,12H,8-11H2,1H3/b6-5+. The van der Waals surface area contributed by atoms with Gasteiger partial charge in [0.25, 0.3) is 10.0 Å². The SMILES string of the molecule is Cc1ccc(S(=O)(=O)N2CCN(C(=O)/C=C/c3ccco3)CC2)s1. The number of hydrogen-bond acceptors (Lipinski definition) is 5. The fraction of sp³-hybridized carbons (Fsp3) is 0.312. The molecule has 6 nitrogen and oxygen atoms in total. The Hall–Kier alpha value is -1.90. The Morgan fingerprint density at radius 3 is 2.54 bits per heavy atom. The molecule has 0 aliphatic carbocycles. The quantitative estimate of drug-likeness (QED) is 0.778. The highest BCUT2D eigenvalue weighted by Crippen LogP contribution is 2.25. The highest BCUT2D eigenvalue weighted by molar-refractivity contribution is 7.91. The van der Waals surface area contributed by atoms with Crippen molar-refractivity contribution < 1.29 is 17.6 Å². The van der Waals surface area contributed by atoms with E-state index >= 15 is 0 Å². The van der Waals surface area contributed by atoms with Crippen molar-refractivity contribution >= 4 is 33.3 Å². The predicted octanol–water partition coefficient (Wildman–Crippen LogP) is 2.20. The fourth-order valence-electron chi connectivity index (χ4n) is 2.47. The topological polar surface area (TPSA) is 70.8 Å². The number of sulfonamides is 1. The highest BCUT2D eigenvalue weighted by Gasteiger charge is 2.30. The summed E-state index contributed by atoms with van der Waals surface area (Å²) in [6, 6.07) is 6.95. The first kappa shape index (κ1) is 16.9. The van der Waals surface area contributed by atoms with Crippen LogP contribution in [-0.4, -0.2) is 49.7 Å². The Bertz CT molecular complexity index is 829. The van der Waals surface area contributed by atoms with E-state index in [1.807, 2.05) is 6.92 Å². The minimum Gasteiger partial charge on any atom is -0.465 e. The van der Waals surface area contributed by atoms with E-state index in [2.05, 4.69) is 0 Å². The summed E-state index contributed by atoms with van der Waals surface area (Å²) in [6.07, 6.45) is 4.60. The molecule has 0 saturated carbocycles. The average Bonchev–Trinajstić information content (AvgIpc) is 3.24. The summed E-state index contributed by atoms with van der Waals surface area (Å²) in [5.41, 5.74) is 0. The Morgan fingerprint density at radius 1 is 1.21 bits per heavy atom. The second-order valence-electron chi connectivity index (χ2n) is 5.44. The first-order valence-corrected chi connectivity index (χ1v) is 9.79. The molecule has 1 saturated heterocycles. The first-order chi connectivity index (χ1) is 11.5. The highest BCUT2D eigenvalue weighted by atomic mass is 32.2. The van der Waals surface area contributed by atoms with Crippen LogP contribution in [0, 0.1) is 6.92 Å². The number of aryl methyl sites for hydroxylation is 1. The van der Waals surface area contributed by atoms with Gasteiger partial charge in [0.2, 0.25) is 5.91 Å². The maximum absolute atomic E-state index is 12.6. The number of thiophene rings is 1. The van der Waals surface area contributed by atoms with E-state index < -0.39 is 10.0 Å². The third-order valence-electron chi connectivity index (χ3n) is 3.79. The fourth-order valence-corrected chi connectivity index (χ4v) is 5.33. The van der Waals surface area contributed by atoms with Crippen molar-refractivity contribution in [1.82, 2.24) is 9.21 Å². The molecule has 1 amide bonds. The van der Waals surface area contributed by atoms with Gasteiger partial charge >= 0.3 is 0 Å². The Balaban J connectivity index is 1.60. The van der Waals surface area contributed by atoms with Crippen LogP contribution in [0.2, 0.25) is 0 Å². The summed E-state index contributed by atoms with van der Waals surface area (Å²) in [5, 5.41) is 0. The van der Waals surface area contributed by atoms with Gasteiger partial charge in [-0.15, -0.1) is 11.3 Å². The van der Waals surface area contributed by atoms with Gasteiger partial charge in [-0.1, -0.05) is 0 Å². The molecule has 0 bridgehead atoms. The Labute approximate surface area is 145 Å². The molecule has 0 unspecified atom stereocenters. The number of piperazine rings is 1. The number of rotatable bonds is 4. The minimum atomic E-state index is -3.46. The lowest BCUT2D eigenvalue weighted by Gasteiger charge is -2.33. The van der Waals surface area contributed by atoms with Gasteiger partial charge in [-0.2, -0.15) is 4.31 Å². The molecule has 24 heavy (non-hydrogen) atoms. The monoisotopic (exact) mass is 366 g/mol. The van der Waals surface area contributed by atoms with Crippen LogP contribution >= 0.6 is 11.3 Å². The average molecular weight is 366 g/mol. The zero-order valence-electron chi connectivity index (χ0n) is 13.2. The van der Waals surface area contributed by atoms with Crippen LogP contribution in [0.4, 0.5) is 0 Å². The molecular weight excluding hydrogens is 348 g/mol. The van der Waals surface area contributed by atoms with Crippen LogP contribution in [0.5, 0.6) is 0 Å². The molecule has 2 aromatic heterocycles. The van der Waals surface area contributed by atoms with Crippen molar-refractivity contribution in [2.24, 2.45) is 0 Å². The molecule has 128 valence electrons. The van der Waals surface area contributed by atoms with E-state index in [-0.39, 0.29) is 5.91 Å². The van der Waals surface area contributed by atoms with E-state index in [1.54, 1.807) is 41.5 Å². The van der Waals surface area contributed by atoms with E-state index in [4.69, 9.17) is 4.42 Å². The third kappa shape index (κ3) is 3.61. The molecule has 1 fully saturated rings. The Kier molecular flexibility index (Phi) is 4.88. The maximum Gasteiger partial charge on any atom is 0.252 e. The van der Waals surface area contributed by atoms with Gasteiger partial charge in [0.05, 0.1) is 6.26 Å². The lowest BCUT2D eigenvalue weighted by molar-refractivity contribution is -0.127. The first-order valence-electron chi connectivity index (χ1n) is 7.54. The van der Waals surface area contributed by atoms with Gasteiger partial charge in [-0.3, -0.25) is 4.79 Å². The van der Waals surface area contributed by atoms with Gasteiger partial charge in [0.15, 0.2) is 0 Å². The van der Waals surface area contributed by atoms with Crippen molar-refractivity contribution in [2.45, 2.75) is 11.1 Å². The summed E-state index contributed by atoms with van der Waals surface area (Å²) in [5.74, 6) is 0.466. The number of hydrogen-bond donors (Lipinski definition) is 0. The molecular formula is C16H18N2O4S2. The molecule has 2 aromatic rings. The van der Waals surface area contributed by atoms with Gasteiger partial charge in [-0.05, 0) is 37.3 Å². The number of carbonyl (C=O) groups is 1. The molecule has 3 rings (SSSR count). The summed E-state index contributed by atoms with van der Waals surface area (Å²) in [4.78, 5) is 14.8. The van der Waals surface area contributed by atoms with Gasteiger partial charge in [0.1, 0.15) is 9.97 Å². The molecule has 3 heterocycles. The van der Waals surface area contributed by atoms with Crippen LogP contribution in [0.15, 0.2) is 45.2 Å². The van der Waals surface area contributed by atoms with Crippen LogP contribution in [0.25, 0.3) is 6.08 Å². The summed E-state index contributed by atoms with van der Waals surface area (Å²) >= 11 is 1.27. The Morgan fingerprint density at radius 2 is 1.96 bits per heavy atom. The van der Waals surface area contributed by atoms with Crippen molar-refractivity contribution in [3.8, 4) is 0 Å². The van der Waals surface area contributed by atoms with Crippen molar-refractivity contribution in [2.75, 3.05) is 26.2 Å². The zero-order chi connectivity index (χ0) is 17.2. The normalized spacial score (nSPS) is 16.8. The molecule has 0 aromatic carbocycles. The largest absolute Gasteiger partial charge is 0.465 e. The summed E-state index contributed by atoms with van der Waals surface area (Å²) in [6.45, 7) is 3.25. The number of furan rings is 1. The maximum atomic E-state index is 12.6. The second kappa shape index (κ2) is 6.92. The lowest BCUT2D eigenvalue weighted by atomic mass is 10.3. The van der Waals surface area contributed by atoms with E-state index in [1.165, 1.54) is 21.7 Å². The van der Waals surface area contributed by atoms with Crippen LogP contribution in [0.3, 0.4) is 0 Å². The number of carbonyl (C=O) groups excluding carboxylic acids is 1. The van der Waals surface area contributed by atoms with Gasteiger partial charge < -0.3 is 9.32 Å². The molecule has 1 aliphatic heterocycles. The minimum absolute atomic E-state index is 0.143. The van der Waals surface area contributed by atoms with E-state index in [9.17, 15) is 13.2 Å². The van der Waals surface area contributed by atoms with Crippen molar-refractivity contribution in [1.29, 1.82) is 0 Å².